The molecule has 0 bridgehead atoms. The average molecular weight is 697 g/mol. The third-order valence-electron chi connectivity index (χ3n) is 13.5. The highest BCUT2D eigenvalue weighted by Crippen LogP contribution is 2.62. The summed E-state index contributed by atoms with van der Waals surface area (Å²) in [5, 5.41) is 0. The van der Waals surface area contributed by atoms with Crippen LogP contribution >= 0.6 is 0 Å². The Labute approximate surface area is 319 Å². The lowest BCUT2D eigenvalue weighted by atomic mass is 9.66. The van der Waals surface area contributed by atoms with E-state index in [1.807, 2.05) is 6.07 Å². The number of nitrogens with zero attached hydrogens (tertiary/aromatic N) is 2. The molecule has 11 rings (SSSR count). The normalized spacial score (nSPS) is 17.2. The summed E-state index contributed by atoms with van der Waals surface area (Å²) >= 11 is 0. The van der Waals surface area contributed by atoms with Crippen molar-refractivity contribution in [2.45, 2.75) is 75.0 Å². The molecule has 2 heteroatoms. The van der Waals surface area contributed by atoms with E-state index in [0.717, 1.165) is 33.9 Å². The molecule has 2 fully saturated rings. The minimum Gasteiger partial charge on any atom is -0.228 e. The lowest BCUT2D eigenvalue weighted by Gasteiger charge is -2.37. The van der Waals surface area contributed by atoms with Crippen LogP contribution in [0.1, 0.15) is 86.5 Å². The van der Waals surface area contributed by atoms with E-state index < -0.39 is 0 Å². The first-order valence-corrected chi connectivity index (χ1v) is 20.2. The smallest absolute Gasteiger partial charge is 0.160 e. The Morgan fingerprint density at radius 3 is 1.50 bits per heavy atom. The van der Waals surface area contributed by atoms with E-state index >= 15 is 0 Å². The van der Waals surface area contributed by atoms with Gasteiger partial charge in [-0.05, 0) is 112 Å². The Bertz CT molecular complexity index is 2500. The van der Waals surface area contributed by atoms with Crippen molar-refractivity contribution in [3.63, 3.8) is 0 Å². The molecule has 262 valence electrons. The van der Waals surface area contributed by atoms with Crippen LogP contribution in [0, 0.1) is 0 Å². The fraction of sp³-hybridized carbons (Fsp3) is 0.231. The molecular formula is C52H44N2. The van der Waals surface area contributed by atoms with Gasteiger partial charge in [-0.15, -0.1) is 0 Å². The van der Waals surface area contributed by atoms with Crippen LogP contribution in [0.25, 0.3) is 67.3 Å². The summed E-state index contributed by atoms with van der Waals surface area (Å²) in [6.45, 7) is 0. The summed E-state index contributed by atoms with van der Waals surface area (Å²) < 4.78 is 0. The van der Waals surface area contributed by atoms with Gasteiger partial charge in [-0.2, -0.15) is 0 Å². The van der Waals surface area contributed by atoms with E-state index in [1.165, 1.54) is 97.6 Å². The topological polar surface area (TPSA) is 25.8 Å². The Morgan fingerprint density at radius 1 is 0.315 bits per heavy atom. The second-order valence-electron chi connectivity index (χ2n) is 16.3. The highest BCUT2D eigenvalue weighted by Gasteiger charge is 2.48. The van der Waals surface area contributed by atoms with Gasteiger partial charge in [-0.1, -0.05) is 154 Å². The average Bonchev–Trinajstić information content (AvgIpc) is 3.66. The first-order chi connectivity index (χ1) is 26.7. The molecule has 7 aromatic rings. The number of benzene rings is 6. The number of hydrogen-bond acceptors (Lipinski definition) is 2. The lowest BCUT2D eigenvalue weighted by molar-refractivity contribution is 0.350. The molecule has 2 spiro atoms. The van der Waals surface area contributed by atoms with Gasteiger partial charge in [-0.3, -0.25) is 0 Å². The van der Waals surface area contributed by atoms with Crippen LogP contribution in [-0.2, 0) is 10.8 Å². The van der Waals surface area contributed by atoms with E-state index in [4.69, 9.17) is 9.97 Å². The van der Waals surface area contributed by atoms with Crippen molar-refractivity contribution in [3.05, 3.63) is 168 Å². The second-order valence-corrected chi connectivity index (χ2v) is 16.3. The summed E-state index contributed by atoms with van der Waals surface area (Å²) in [5.41, 5.74) is 20.1. The zero-order chi connectivity index (χ0) is 35.7. The van der Waals surface area contributed by atoms with Gasteiger partial charge in [-0.25, -0.2) is 9.97 Å². The van der Waals surface area contributed by atoms with Crippen molar-refractivity contribution < 1.29 is 0 Å². The highest BCUT2D eigenvalue weighted by atomic mass is 14.9. The molecule has 0 amide bonds. The summed E-state index contributed by atoms with van der Waals surface area (Å²) in [6, 6.07) is 54.1. The summed E-state index contributed by atoms with van der Waals surface area (Å²) in [6.07, 6.45) is 13.0. The van der Waals surface area contributed by atoms with E-state index in [9.17, 15) is 0 Å². The van der Waals surface area contributed by atoms with Gasteiger partial charge in [0.1, 0.15) is 0 Å². The maximum Gasteiger partial charge on any atom is 0.160 e. The van der Waals surface area contributed by atoms with Crippen LogP contribution in [-0.4, -0.2) is 9.97 Å². The van der Waals surface area contributed by atoms with Crippen molar-refractivity contribution in [2.75, 3.05) is 0 Å². The zero-order valence-electron chi connectivity index (χ0n) is 30.8. The first-order valence-electron chi connectivity index (χ1n) is 20.2. The van der Waals surface area contributed by atoms with Crippen molar-refractivity contribution in [1.29, 1.82) is 0 Å². The molecule has 2 nitrogen and oxygen atoms in total. The maximum absolute atomic E-state index is 5.16. The van der Waals surface area contributed by atoms with E-state index in [2.05, 4.69) is 140 Å². The van der Waals surface area contributed by atoms with Crippen LogP contribution in [0.3, 0.4) is 0 Å². The van der Waals surface area contributed by atoms with Crippen LogP contribution in [0.5, 0.6) is 0 Å². The van der Waals surface area contributed by atoms with Crippen LogP contribution in [0.15, 0.2) is 146 Å². The SMILES string of the molecule is c1ccc(-c2cc(-c3cccc(-c4ccc5c(c4)-c4cc6c(cc4C54CCCCC4)-c4ccccc4C64CCCCC4)c3)nc(-c3ccccc3)n2)cc1. The molecule has 54 heavy (non-hydrogen) atoms. The number of rotatable bonds is 4. The molecule has 4 aliphatic rings. The van der Waals surface area contributed by atoms with Crippen molar-refractivity contribution in [3.8, 4) is 67.3 Å². The number of fused-ring (bicyclic) bond motifs is 10. The molecule has 1 heterocycles. The Hall–Kier alpha value is -5.60. The zero-order valence-corrected chi connectivity index (χ0v) is 30.8. The van der Waals surface area contributed by atoms with E-state index in [1.54, 1.807) is 22.3 Å². The Kier molecular flexibility index (Phi) is 7.37. The molecule has 0 aliphatic heterocycles. The monoisotopic (exact) mass is 696 g/mol. The quantitative estimate of drug-likeness (QED) is 0.183. The molecule has 0 unspecified atom stereocenters. The molecular weight excluding hydrogens is 653 g/mol. The number of aromatic nitrogens is 2. The van der Waals surface area contributed by atoms with Crippen LogP contribution in [0.4, 0.5) is 0 Å². The Morgan fingerprint density at radius 2 is 0.815 bits per heavy atom. The van der Waals surface area contributed by atoms with E-state index in [-0.39, 0.29) is 10.8 Å². The lowest BCUT2D eigenvalue weighted by Crippen LogP contribution is -2.29. The molecule has 4 aliphatic carbocycles. The fourth-order valence-corrected chi connectivity index (χ4v) is 10.9. The van der Waals surface area contributed by atoms with Crippen LogP contribution < -0.4 is 0 Å². The van der Waals surface area contributed by atoms with Gasteiger partial charge in [0.2, 0.25) is 0 Å². The highest BCUT2D eigenvalue weighted by molar-refractivity contribution is 5.91. The van der Waals surface area contributed by atoms with Gasteiger partial charge in [0, 0.05) is 27.5 Å². The van der Waals surface area contributed by atoms with Gasteiger partial charge >= 0.3 is 0 Å². The summed E-state index contributed by atoms with van der Waals surface area (Å²) in [5.74, 6) is 0.745. The standard InChI is InChI=1S/C52H44N2/c1-5-16-35(17-6-1)48-34-49(54-50(53-48)36-18-7-2-8-19-36)39-21-15-20-37(30-39)38-24-25-45-41(31-38)43-33-46-42(32-47(43)52(45)28-13-4-14-29-52)40-22-9-10-23-44(40)51(46)26-11-3-12-27-51/h1-2,5-10,15-25,30-34H,3-4,11-14,26-29H2. The first kappa shape index (κ1) is 31.9. The van der Waals surface area contributed by atoms with E-state index in [0.29, 0.717) is 0 Å². The minimum atomic E-state index is 0.109. The molecule has 0 N–H and O–H groups in total. The predicted octanol–water partition coefficient (Wildman–Crippen LogP) is 13.6. The van der Waals surface area contributed by atoms with Gasteiger partial charge in [0.05, 0.1) is 11.4 Å². The van der Waals surface area contributed by atoms with Crippen LogP contribution in [0.2, 0.25) is 0 Å². The number of hydrogen-bond donors (Lipinski definition) is 0. The third kappa shape index (κ3) is 4.85. The van der Waals surface area contributed by atoms with Crippen molar-refractivity contribution >= 4 is 0 Å². The second kappa shape index (κ2) is 12.5. The fourth-order valence-electron chi connectivity index (χ4n) is 10.9. The Balaban J connectivity index is 1.05. The largest absolute Gasteiger partial charge is 0.228 e. The maximum atomic E-state index is 5.16. The van der Waals surface area contributed by atoms with Crippen molar-refractivity contribution in [2.24, 2.45) is 0 Å². The minimum absolute atomic E-state index is 0.109. The molecule has 1 aromatic heterocycles. The van der Waals surface area contributed by atoms with Gasteiger partial charge in [0.15, 0.2) is 5.82 Å². The van der Waals surface area contributed by atoms with Gasteiger partial charge in [0.25, 0.3) is 0 Å². The van der Waals surface area contributed by atoms with Gasteiger partial charge < -0.3 is 0 Å². The molecule has 0 saturated heterocycles. The summed E-state index contributed by atoms with van der Waals surface area (Å²) in [7, 11) is 0. The molecule has 0 radical (unpaired) electrons. The third-order valence-corrected chi connectivity index (χ3v) is 13.5. The van der Waals surface area contributed by atoms with Crippen molar-refractivity contribution in [1.82, 2.24) is 9.97 Å². The molecule has 0 atom stereocenters. The predicted molar refractivity (Wildman–Crippen MR) is 222 cm³/mol. The molecule has 6 aromatic carbocycles. The summed E-state index contributed by atoms with van der Waals surface area (Å²) in [4.78, 5) is 10.2. The molecule has 2 saturated carbocycles.